The Morgan fingerprint density at radius 1 is 1.00 bits per heavy atom. The molecule has 0 atom stereocenters. The summed E-state index contributed by atoms with van der Waals surface area (Å²) in [6.07, 6.45) is 2.15. The van der Waals surface area contributed by atoms with Crippen LogP contribution >= 0.6 is 29.9 Å². The first-order chi connectivity index (χ1) is 14.8. The fraction of sp³-hybridized carbons (Fsp3) is 0.286. The first-order valence-corrected chi connectivity index (χ1v) is 13.0. The molecule has 0 fully saturated rings. The van der Waals surface area contributed by atoms with Gasteiger partial charge in [-0.05, 0) is 50.6 Å². The van der Waals surface area contributed by atoms with Crippen LogP contribution in [0.3, 0.4) is 0 Å². The number of aromatic nitrogens is 3. The zero-order chi connectivity index (χ0) is 22.4. The predicted octanol–water partition coefficient (Wildman–Crippen LogP) is 6.42. The van der Waals surface area contributed by atoms with Crippen LogP contribution < -0.4 is 4.52 Å². The van der Waals surface area contributed by atoms with Crippen molar-refractivity contribution in [2.75, 3.05) is 13.2 Å². The number of pyridine rings is 1. The van der Waals surface area contributed by atoms with E-state index in [-0.39, 0.29) is 0 Å². The smallest absolute Gasteiger partial charge is 0.381 e. The van der Waals surface area contributed by atoms with Crippen LogP contribution in [-0.2, 0) is 27.3 Å². The third kappa shape index (κ3) is 6.22. The molecule has 0 aliphatic heterocycles. The number of rotatable bonds is 9. The number of hydrogen-bond donors (Lipinski definition) is 0. The topological polar surface area (TPSA) is 66.4 Å². The van der Waals surface area contributed by atoms with Crippen LogP contribution in [0.15, 0.2) is 42.6 Å². The number of halogens is 2. The van der Waals surface area contributed by atoms with Gasteiger partial charge in [0, 0.05) is 35.7 Å². The zero-order valence-corrected chi connectivity index (χ0v) is 20.6. The molecule has 2 heterocycles. The lowest BCUT2D eigenvalue weighted by molar-refractivity contribution is 0.215. The maximum atomic E-state index is 6.20. The Morgan fingerprint density at radius 3 is 2.35 bits per heavy atom. The van der Waals surface area contributed by atoms with Crippen LogP contribution in [0, 0.1) is 6.92 Å². The molecular formula is C21H22Cl2N3O3PS. The van der Waals surface area contributed by atoms with E-state index in [0.717, 1.165) is 16.8 Å². The summed E-state index contributed by atoms with van der Waals surface area (Å²) in [6.45, 7) is 3.23. The zero-order valence-electron chi connectivity index (χ0n) is 17.3. The van der Waals surface area contributed by atoms with E-state index in [1.165, 1.54) is 0 Å². The standard InChI is InChI=1S/C21H22Cl2N3O3PS/c1-4-27-30(31,28-5-2)29-21-16(12-15-9-10-17(22)18(23)13-15)14(3)25-20(26-21)19-8-6-7-11-24-19/h6-11,13H,4-5,12H2,1-3H3. The maximum absolute atomic E-state index is 6.20. The lowest BCUT2D eigenvalue weighted by Gasteiger charge is -2.22. The summed E-state index contributed by atoms with van der Waals surface area (Å²) in [6, 6.07) is 11.0. The quantitative estimate of drug-likeness (QED) is 0.316. The van der Waals surface area contributed by atoms with Crippen molar-refractivity contribution in [3.05, 3.63) is 69.5 Å². The second-order valence-electron chi connectivity index (χ2n) is 6.43. The highest BCUT2D eigenvalue weighted by Crippen LogP contribution is 2.50. The summed E-state index contributed by atoms with van der Waals surface area (Å²) >= 11 is 17.8. The average molecular weight is 498 g/mol. The molecule has 3 rings (SSSR count). The average Bonchev–Trinajstić information content (AvgIpc) is 2.74. The Kier molecular flexibility index (Phi) is 8.39. The van der Waals surface area contributed by atoms with Gasteiger partial charge < -0.3 is 4.52 Å². The first-order valence-electron chi connectivity index (χ1n) is 9.66. The van der Waals surface area contributed by atoms with Crippen molar-refractivity contribution in [3.63, 3.8) is 0 Å². The minimum atomic E-state index is -3.05. The van der Waals surface area contributed by atoms with Gasteiger partial charge in [0.25, 0.3) is 0 Å². The highest BCUT2D eigenvalue weighted by Gasteiger charge is 2.26. The van der Waals surface area contributed by atoms with Crippen molar-refractivity contribution < 1.29 is 13.6 Å². The van der Waals surface area contributed by atoms with E-state index >= 15 is 0 Å². The summed E-state index contributed by atoms with van der Waals surface area (Å²) in [7, 11) is 0. The summed E-state index contributed by atoms with van der Waals surface area (Å²) < 4.78 is 17.5. The minimum absolute atomic E-state index is 0.310. The lowest BCUT2D eigenvalue weighted by Crippen LogP contribution is -2.09. The summed E-state index contributed by atoms with van der Waals surface area (Å²) in [5.74, 6) is 0.741. The summed E-state index contributed by atoms with van der Waals surface area (Å²) in [5, 5.41) is 0.961. The largest absolute Gasteiger partial charge is 0.405 e. The van der Waals surface area contributed by atoms with Gasteiger partial charge in [-0.25, -0.2) is 4.98 Å². The SMILES string of the molecule is CCOP(=S)(OCC)Oc1nc(-c2ccccn2)nc(C)c1Cc1ccc(Cl)c(Cl)c1. The molecule has 0 aliphatic carbocycles. The van der Waals surface area contributed by atoms with E-state index in [0.29, 0.717) is 47.1 Å². The Balaban J connectivity index is 2.09. The summed E-state index contributed by atoms with van der Waals surface area (Å²) in [4.78, 5) is 13.6. The molecule has 0 amide bonds. The van der Waals surface area contributed by atoms with Gasteiger partial charge in [0.05, 0.1) is 23.3 Å². The molecule has 31 heavy (non-hydrogen) atoms. The molecule has 6 nitrogen and oxygen atoms in total. The van der Waals surface area contributed by atoms with Gasteiger partial charge in [0.15, 0.2) is 5.82 Å². The molecule has 0 N–H and O–H groups in total. The Morgan fingerprint density at radius 2 is 1.74 bits per heavy atom. The fourth-order valence-corrected chi connectivity index (χ4v) is 5.16. The van der Waals surface area contributed by atoms with Crippen LogP contribution in [-0.4, -0.2) is 28.2 Å². The molecule has 3 aromatic rings. The molecule has 1 aromatic carbocycles. The highest BCUT2D eigenvalue weighted by molar-refractivity contribution is 8.07. The molecular weight excluding hydrogens is 476 g/mol. The Labute approximate surface area is 197 Å². The van der Waals surface area contributed by atoms with Gasteiger partial charge in [-0.3, -0.25) is 14.0 Å². The van der Waals surface area contributed by atoms with Gasteiger partial charge in [-0.2, -0.15) is 4.98 Å². The molecule has 0 saturated heterocycles. The molecule has 0 radical (unpaired) electrons. The van der Waals surface area contributed by atoms with E-state index in [2.05, 4.69) is 15.0 Å². The second-order valence-corrected chi connectivity index (χ2v) is 10.2. The molecule has 2 aromatic heterocycles. The van der Waals surface area contributed by atoms with Crippen molar-refractivity contribution >= 4 is 41.7 Å². The van der Waals surface area contributed by atoms with E-state index in [4.69, 9.17) is 48.6 Å². The van der Waals surface area contributed by atoms with Gasteiger partial charge in [-0.15, -0.1) is 0 Å². The highest BCUT2D eigenvalue weighted by atomic mass is 35.5. The lowest BCUT2D eigenvalue weighted by atomic mass is 10.0. The van der Waals surface area contributed by atoms with E-state index in [1.54, 1.807) is 18.3 Å². The number of nitrogens with zero attached hydrogens (tertiary/aromatic N) is 3. The fourth-order valence-electron chi connectivity index (χ4n) is 2.82. The predicted molar refractivity (Wildman–Crippen MR) is 127 cm³/mol. The molecule has 10 heteroatoms. The monoisotopic (exact) mass is 497 g/mol. The van der Waals surface area contributed by atoms with Crippen LogP contribution in [0.2, 0.25) is 10.0 Å². The third-order valence-corrected chi connectivity index (χ3v) is 7.35. The molecule has 0 saturated carbocycles. The van der Waals surface area contributed by atoms with Crippen molar-refractivity contribution in [1.82, 2.24) is 15.0 Å². The van der Waals surface area contributed by atoms with Crippen LogP contribution in [0.25, 0.3) is 11.5 Å². The van der Waals surface area contributed by atoms with Gasteiger partial charge >= 0.3 is 6.72 Å². The van der Waals surface area contributed by atoms with Gasteiger partial charge in [-0.1, -0.05) is 35.3 Å². The minimum Gasteiger partial charge on any atom is -0.405 e. The van der Waals surface area contributed by atoms with Crippen LogP contribution in [0.4, 0.5) is 0 Å². The second kappa shape index (κ2) is 10.8. The molecule has 0 aliphatic rings. The van der Waals surface area contributed by atoms with Crippen LogP contribution in [0.5, 0.6) is 5.88 Å². The van der Waals surface area contributed by atoms with Crippen LogP contribution in [0.1, 0.15) is 30.7 Å². The van der Waals surface area contributed by atoms with Gasteiger partial charge in [0.2, 0.25) is 5.88 Å². The molecule has 164 valence electrons. The Bertz CT molecular complexity index is 1090. The summed E-state index contributed by atoms with van der Waals surface area (Å²) in [5.41, 5.74) is 3.04. The normalized spacial score (nSPS) is 11.5. The number of hydrogen-bond acceptors (Lipinski definition) is 7. The van der Waals surface area contributed by atoms with Crippen molar-refractivity contribution in [1.29, 1.82) is 0 Å². The Hall–Kier alpha value is -1.60. The maximum Gasteiger partial charge on any atom is 0.381 e. The number of aryl methyl sites for hydroxylation is 1. The molecule has 0 unspecified atom stereocenters. The van der Waals surface area contributed by atoms with E-state index in [9.17, 15) is 0 Å². The van der Waals surface area contributed by atoms with Crippen molar-refractivity contribution in [2.45, 2.75) is 27.2 Å². The number of benzene rings is 1. The third-order valence-electron chi connectivity index (χ3n) is 4.21. The van der Waals surface area contributed by atoms with Crippen molar-refractivity contribution in [3.8, 4) is 17.4 Å². The van der Waals surface area contributed by atoms with E-state index in [1.807, 2.05) is 45.0 Å². The van der Waals surface area contributed by atoms with E-state index < -0.39 is 6.72 Å². The van der Waals surface area contributed by atoms with Gasteiger partial charge in [0.1, 0.15) is 5.69 Å². The van der Waals surface area contributed by atoms with Crippen molar-refractivity contribution in [2.24, 2.45) is 0 Å². The first kappa shape index (κ1) is 24.1. The molecule has 0 bridgehead atoms. The molecule has 0 spiro atoms.